The van der Waals surface area contributed by atoms with Crippen molar-refractivity contribution in [2.24, 2.45) is 0 Å². The zero-order valence-corrected chi connectivity index (χ0v) is 16.5. The van der Waals surface area contributed by atoms with Crippen LogP contribution < -0.4 is 15.1 Å². The van der Waals surface area contributed by atoms with Crippen molar-refractivity contribution in [1.82, 2.24) is 0 Å². The Kier molecular flexibility index (Phi) is 5.37. The van der Waals surface area contributed by atoms with Crippen molar-refractivity contribution in [1.29, 1.82) is 0 Å². The number of ether oxygens (including phenoxy) is 1. The SMILES string of the molecule is Cc1ccc([N+](=O)[O-])cc1N1C(=O)CC(Nc2ccc(N3CCOCC3)cc2)C1=O. The molecule has 4 rings (SSSR count). The van der Waals surface area contributed by atoms with Crippen molar-refractivity contribution in [3.8, 4) is 0 Å². The van der Waals surface area contributed by atoms with Crippen LogP contribution in [0.1, 0.15) is 12.0 Å². The number of carbonyl (C=O) groups excluding carboxylic acids is 2. The minimum absolute atomic E-state index is 0.00776. The average molecular weight is 410 g/mol. The number of hydrogen-bond donors (Lipinski definition) is 1. The van der Waals surface area contributed by atoms with Crippen LogP contribution in [0.2, 0.25) is 0 Å². The van der Waals surface area contributed by atoms with Gasteiger partial charge in [-0.25, -0.2) is 4.90 Å². The average Bonchev–Trinajstić information content (AvgIpc) is 3.02. The van der Waals surface area contributed by atoms with Crippen LogP contribution in [0.25, 0.3) is 0 Å². The molecular weight excluding hydrogens is 388 g/mol. The molecule has 30 heavy (non-hydrogen) atoms. The first-order valence-corrected chi connectivity index (χ1v) is 9.75. The number of nitro benzene ring substituents is 1. The van der Waals surface area contributed by atoms with E-state index in [-0.39, 0.29) is 23.7 Å². The highest BCUT2D eigenvalue weighted by atomic mass is 16.6. The molecule has 0 saturated carbocycles. The second kappa shape index (κ2) is 8.11. The van der Waals surface area contributed by atoms with Crippen LogP contribution in [-0.4, -0.2) is 49.1 Å². The van der Waals surface area contributed by atoms with Crippen molar-refractivity contribution in [3.05, 3.63) is 58.1 Å². The quantitative estimate of drug-likeness (QED) is 0.459. The smallest absolute Gasteiger partial charge is 0.271 e. The van der Waals surface area contributed by atoms with Crippen LogP contribution in [0, 0.1) is 17.0 Å². The van der Waals surface area contributed by atoms with Crippen LogP contribution in [0.4, 0.5) is 22.7 Å². The van der Waals surface area contributed by atoms with Crippen LogP contribution in [0.15, 0.2) is 42.5 Å². The number of anilines is 3. The lowest BCUT2D eigenvalue weighted by Gasteiger charge is -2.29. The molecule has 0 aliphatic carbocycles. The first-order chi connectivity index (χ1) is 14.4. The summed E-state index contributed by atoms with van der Waals surface area (Å²) in [5, 5.41) is 14.2. The summed E-state index contributed by atoms with van der Waals surface area (Å²) in [6, 6.07) is 11.1. The lowest BCUT2D eigenvalue weighted by molar-refractivity contribution is -0.384. The van der Waals surface area contributed by atoms with Gasteiger partial charge in [0, 0.05) is 36.6 Å². The molecule has 2 amide bonds. The topological polar surface area (TPSA) is 105 Å². The number of aryl methyl sites for hydroxylation is 1. The number of hydrogen-bond acceptors (Lipinski definition) is 7. The molecule has 0 bridgehead atoms. The molecule has 1 unspecified atom stereocenters. The molecule has 2 aliphatic heterocycles. The standard InChI is InChI=1S/C21H22N4O5/c1-14-2-5-17(25(28)29)12-19(14)24-20(26)13-18(21(24)27)22-15-3-6-16(7-4-15)23-8-10-30-11-9-23/h2-7,12,18,22H,8-11,13H2,1H3. The number of carbonyl (C=O) groups is 2. The van der Waals surface area contributed by atoms with Gasteiger partial charge in [-0.1, -0.05) is 6.07 Å². The Bertz CT molecular complexity index is 985. The van der Waals surface area contributed by atoms with Crippen LogP contribution in [0.5, 0.6) is 0 Å². The molecule has 2 heterocycles. The van der Waals surface area contributed by atoms with Gasteiger partial charge in [0.25, 0.3) is 11.6 Å². The number of amides is 2. The molecule has 2 saturated heterocycles. The van der Waals surface area contributed by atoms with E-state index < -0.39 is 16.9 Å². The van der Waals surface area contributed by atoms with Gasteiger partial charge in [-0.05, 0) is 36.8 Å². The fourth-order valence-electron chi connectivity index (χ4n) is 3.74. The summed E-state index contributed by atoms with van der Waals surface area (Å²) in [6.45, 7) is 4.78. The molecule has 2 fully saturated rings. The molecule has 156 valence electrons. The van der Waals surface area contributed by atoms with Gasteiger partial charge in [0.1, 0.15) is 6.04 Å². The Hall–Kier alpha value is -3.46. The molecule has 1 N–H and O–H groups in total. The summed E-state index contributed by atoms with van der Waals surface area (Å²) in [6.07, 6.45) is -0.00776. The third kappa shape index (κ3) is 3.84. The summed E-state index contributed by atoms with van der Waals surface area (Å²) in [7, 11) is 0. The molecule has 1 atom stereocenters. The second-order valence-corrected chi connectivity index (χ2v) is 7.34. The number of imide groups is 1. The van der Waals surface area contributed by atoms with Gasteiger partial charge in [0.15, 0.2) is 0 Å². The minimum atomic E-state index is -0.717. The highest BCUT2D eigenvalue weighted by Crippen LogP contribution is 2.31. The van der Waals surface area contributed by atoms with Gasteiger partial charge in [-0.15, -0.1) is 0 Å². The van der Waals surface area contributed by atoms with E-state index in [0.29, 0.717) is 18.8 Å². The van der Waals surface area contributed by atoms with Crippen LogP contribution >= 0.6 is 0 Å². The van der Waals surface area contributed by atoms with Crippen molar-refractivity contribution < 1.29 is 19.2 Å². The van der Waals surface area contributed by atoms with Crippen molar-refractivity contribution >= 4 is 34.6 Å². The van der Waals surface area contributed by atoms with Gasteiger partial charge in [-0.3, -0.25) is 19.7 Å². The van der Waals surface area contributed by atoms with E-state index in [4.69, 9.17) is 4.74 Å². The lowest BCUT2D eigenvalue weighted by atomic mass is 10.1. The van der Waals surface area contributed by atoms with E-state index in [1.54, 1.807) is 13.0 Å². The van der Waals surface area contributed by atoms with E-state index in [2.05, 4.69) is 10.2 Å². The number of nitrogens with zero attached hydrogens (tertiary/aromatic N) is 3. The maximum absolute atomic E-state index is 12.9. The third-order valence-corrected chi connectivity index (χ3v) is 5.38. The zero-order valence-electron chi connectivity index (χ0n) is 16.5. The molecule has 2 aromatic rings. The second-order valence-electron chi connectivity index (χ2n) is 7.34. The van der Waals surface area contributed by atoms with E-state index in [9.17, 15) is 19.7 Å². The predicted molar refractivity (Wildman–Crippen MR) is 112 cm³/mol. The van der Waals surface area contributed by atoms with Crippen molar-refractivity contribution in [2.45, 2.75) is 19.4 Å². The van der Waals surface area contributed by atoms with Gasteiger partial charge < -0.3 is 15.0 Å². The van der Waals surface area contributed by atoms with Gasteiger partial charge in [0.05, 0.1) is 30.2 Å². The minimum Gasteiger partial charge on any atom is -0.378 e. The first-order valence-electron chi connectivity index (χ1n) is 9.75. The number of rotatable bonds is 5. The predicted octanol–water partition coefficient (Wildman–Crippen LogP) is 2.48. The normalized spacial score (nSPS) is 19.3. The molecule has 2 aliphatic rings. The highest BCUT2D eigenvalue weighted by Gasteiger charge is 2.40. The summed E-state index contributed by atoms with van der Waals surface area (Å²) >= 11 is 0. The molecule has 9 nitrogen and oxygen atoms in total. The van der Waals surface area contributed by atoms with Gasteiger partial charge in [-0.2, -0.15) is 0 Å². The molecule has 0 radical (unpaired) electrons. The van der Waals surface area contributed by atoms with Crippen molar-refractivity contribution in [2.75, 3.05) is 41.4 Å². The Morgan fingerprint density at radius 3 is 2.47 bits per heavy atom. The zero-order chi connectivity index (χ0) is 21.3. The molecule has 9 heteroatoms. The van der Waals surface area contributed by atoms with Gasteiger partial charge in [0.2, 0.25) is 5.91 Å². The Labute approximate surface area is 173 Å². The number of nitro groups is 1. The number of morpholine rings is 1. The fraction of sp³-hybridized carbons (Fsp3) is 0.333. The Balaban J connectivity index is 1.49. The molecule has 0 spiro atoms. The van der Waals surface area contributed by atoms with E-state index in [1.165, 1.54) is 12.1 Å². The van der Waals surface area contributed by atoms with E-state index >= 15 is 0 Å². The third-order valence-electron chi connectivity index (χ3n) is 5.38. The maximum Gasteiger partial charge on any atom is 0.271 e. The first kappa shape index (κ1) is 19.8. The molecule has 0 aromatic heterocycles. The lowest BCUT2D eigenvalue weighted by Crippen LogP contribution is -2.36. The fourth-order valence-corrected chi connectivity index (χ4v) is 3.74. The maximum atomic E-state index is 12.9. The molecular formula is C21H22N4O5. The number of nitrogens with one attached hydrogen (secondary N) is 1. The summed E-state index contributed by atoms with van der Waals surface area (Å²) in [5.74, 6) is -0.799. The highest BCUT2D eigenvalue weighted by molar-refractivity contribution is 6.23. The van der Waals surface area contributed by atoms with Crippen LogP contribution in [-0.2, 0) is 14.3 Å². The Morgan fingerprint density at radius 2 is 1.80 bits per heavy atom. The number of benzene rings is 2. The van der Waals surface area contributed by atoms with Crippen LogP contribution in [0.3, 0.4) is 0 Å². The summed E-state index contributed by atoms with van der Waals surface area (Å²) in [4.78, 5) is 39.3. The molecule has 2 aromatic carbocycles. The van der Waals surface area contributed by atoms with E-state index in [0.717, 1.165) is 29.4 Å². The van der Waals surface area contributed by atoms with E-state index in [1.807, 2.05) is 24.3 Å². The Morgan fingerprint density at radius 1 is 1.10 bits per heavy atom. The summed E-state index contributed by atoms with van der Waals surface area (Å²) in [5.41, 5.74) is 2.53. The largest absolute Gasteiger partial charge is 0.378 e. The van der Waals surface area contributed by atoms with Crippen molar-refractivity contribution in [3.63, 3.8) is 0 Å². The number of non-ortho nitro benzene ring substituents is 1. The monoisotopic (exact) mass is 410 g/mol. The summed E-state index contributed by atoms with van der Waals surface area (Å²) < 4.78 is 5.37. The van der Waals surface area contributed by atoms with Gasteiger partial charge >= 0.3 is 0 Å².